The monoisotopic (exact) mass is 654 g/mol. The Morgan fingerprint density at radius 3 is 1.98 bits per heavy atom. The zero-order valence-corrected chi connectivity index (χ0v) is 26.8. The molecule has 0 unspecified atom stereocenters. The van der Waals surface area contributed by atoms with E-state index in [4.69, 9.17) is 28.2 Å². The summed E-state index contributed by atoms with van der Waals surface area (Å²) in [4.78, 5) is 18.3. The highest BCUT2D eigenvalue weighted by Crippen LogP contribution is 2.41. The minimum Gasteiger partial charge on any atom is -0.306 e. The third kappa shape index (κ3) is 5.14. The van der Waals surface area contributed by atoms with Crippen LogP contribution in [0, 0.1) is 19.7 Å². The van der Waals surface area contributed by atoms with E-state index in [0.29, 0.717) is 32.4 Å². The Bertz CT molecular complexity index is 2500. The van der Waals surface area contributed by atoms with Gasteiger partial charge in [0.15, 0.2) is 0 Å². The van der Waals surface area contributed by atoms with E-state index < -0.39 is 5.82 Å². The van der Waals surface area contributed by atoms with Gasteiger partial charge in [0.05, 0.1) is 11.4 Å². The molecule has 0 amide bonds. The number of rotatable bonds is 5. The first-order chi connectivity index (χ1) is 22.8. The molecule has 0 spiro atoms. The normalized spacial score (nSPS) is 11.5. The summed E-state index contributed by atoms with van der Waals surface area (Å²) in [5.41, 5.74) is 10.9. The molecule has 0 N–H and O–H groups in total. The fourth-order valence-corrected chi connectivity index (χ4v) is 6.61. The van der Waals surface area contributed by atoms with Crippen LogP contribution in [0.15, 0.2) is 116 Å². The predicted octanol–water partition coefficient (Wildman–Crippen LogP) is 10.2. The Hall–Kier alpha value is -5.37. The lowest BCUT2D eigenvalue weighted by atomic mass is 9.93. The van der Waals surface area contributed by atoms with Crippen molar-refractivity contribution in [2.24, 2.45) is 0 Å². The van der Waals surface area contributed by atoms with Crippen LogP contribution in [0.1, 0.15) is 11.1 Å². The van der Waals surface area contributed by atoms with Gasteiger partial charge < -0.3 is 8.80 Å². The van der Waals surface area contributed by atoms with Gasteiger partial charge in [0.25, 0.3) is 0 Å². The van der Waals surface area contributed by atoms with Crippen LogP contribution >= 0.6 is 23.2 Å². The molecule has 228 valence electrons. The third-order valence-electron chi connectivity index (χ3n) is 8.47. The molecule has 6 heterocycles. The van der Waals surface area contributed by atoms with Crippen LogP contribution < -0.4 is 0 Å². The minimum atomic E-state index is -0.442. The maximum absolute atomic E-state index is 16.3. The lowest BCUT2D eigenvalue weighted by Crippen LogP contribution is -1.98. The molecule has 6 nitrogen and oxygen atoms in total. The largest absolute Gasteiger partial charge is 0.306 e. The number of imidazole rings is 2. The lowest BCUT2D eigenvalue weighted by Gasteiger charge is -2.16. The van der Waals surface area contributed by atoms with E-state index in [2.05, 4.69) is 15.0 Å². The zero-order valence-electron chi connectivity index (χ0n) is 25.3. The van der Waals surface area contributed by atoms with Crippen molar-refractivity contribution in [1.29, 1.82) is 0 Å². The molecule has 0 atom stereocenters. The second-order valence-corrected chi connectivity index (χ2v) is 12.3. The molecule has 8 rings (SSSR count). The molecule has 0 aliphatic heterocycles. The number of hydrogen-bond donors (Lipinski definition) is 0. The van der Waals surface area contributed by atoms with Gasteiger partial charge in [0, 0.05) is 104 Å². The zero-order chi connectivity index (χ0) is 32.2. The summed E-state index contributed by atoms with van der Waals surface area (Å²) in [6.07, 6.45) is 14.7. The Morgan fingerprint density at radius 1 is 0.574 bits per heavy atom. The van der Waals surface area contributed by atoms with Crippen molar-refractivity contribution < 1.29 is 4.39 Å². The summed E-state index contributed by atoms with van der Waals surface area (Å²) in [5, 5.41) is 0.987. The quantitative estimate of drug-likeness (QED) is 0.185. The molecule has 47 heavy (non-hydrogen) atoms. The summed E-state index contributed by atoms with van der Waals surface area (Å²) < 4.78 is 20.2. The topological polar surface area (TPSA) is 60.4 Å². The average molecular weight is 656 g/mol. The fourth-order valence-electron chi connectivity index (χ4n) is 6.15. The molecular weight excluding hydrogens is 630 g/mol. The molecule has 9 heteroatoms. The molecule has 0 fully saturated rings. The van der Waals surface area contributed by atoms with Crippen LogP contribution in [-0.2, 0) is 0 Å². The van der Waals surface area contributed by atoms with Crippen molar-refractivity contribution in [3.05, 3.63) is 143 Å². The summed E-state index contributed by atoms with van der Waals surface area (Å²) in [6, 6.07) is 20.5. The number of nitrogens with zero attached hydrogens (tertiary/aromatic N) is 6. The predicted molar refractivity (Wildman–Crippen MR) is 186 cm³/mol. The van der Waals surface area contributed by atoms with Gasteiger partial charge >= 0.3 is 0 Å². The number of hydrogen-bond acceptors (Lipinski definition) is 4. The van der Waals surface area contributed by atoms with Crippen LogP contribution in [0.25, 0.3) is 67.2 Å². The van der Waals surface area contributed by atoms with Crippen LogP contribution in [0.4, 0.5) is 4.39 Å². The molecule has 6 aromatic heterocycles. The van der Waals surface area contributed by atoms with E-state index in [1.165, 1.54) is 6.07 Å². The van der Waals surface area contributed by atoms with Gasteiger partial charge in [-0.05, 0) is 73.5 Å². The highest BCUT2D eigenvalue weighted by atomic mass is 35.5. The SMILES string of the molecule is Cc1cc2nccn2cc1-c1cc(-c2cc(F)c(-c3ncccc3-c3cn4ccnc4cc3C)cc2Cl)cnc1-c1cccc(Cl)c1. The summed E-state index contributed by atoms with van der Waals surface area (Å²) >= 11 is 13.4. The van der Waals surface area contributed by atoms with E-state index in [1.54, 1.807) is 30.9 Å². The van der Waals surface area contributed by atoms with Crippen molar-refractivity contribution in [3.8, 4) is 55.9 Å². The van der Waals surface area contributed by atoms with Gasteiger partial charge in [-0.2, -0.15) is 0 Å². The van der Waals surface area contributed by atoms with Crippen molar-refractivity contribution in [3.63, 3.8) is 0 Å². The Balaban J connectivity index is 1.28. The first kappa shape index (κ1) is 29.1. The summed E-state index contributed by atoms with van der Waals surface area (Å²) in [5.74, 6) is -0.442. The molecular formula is C38H25Cl2FN6. The van der Waals surface area contributed by atoms with E-state index in [1.807, 2.05) is 102 Å². The van der Waals surface area contributed by atoms with Crippen LogP contribution in [-0.4, -0.2) is 28.7 Å². The Morgan fingerprint density at radius 2 is 1.28 bits per heavy atom. The van der Waals surface area contributed by atoms with Gasteiger partial charge in [-0.25, -0.2) is 14.4 Å². The van der Waals surface area contributed by atoms with Crippen LogP contribution in [0.5, 0.6) is 0 Å². The van der Waals surface area contributed by atoms with Crippen LogP contribution in [0.2, 0.25) is 10.0 Å². The fraction of sp³-hybridized carbons (Fsp3) is 0.0526. The summed E-state index contributed by atoms with van der Waals surface area (Å²) in [7, 11) is 0. The average Bonchev–Trinajstić information content (AvgIpc) is 3.73. The molecule has 0 bridgehead atoms. The highest BCUT2D eigenvalue weighted by molar-refractivity contribution is 6.33. The Labute approximate surface area is 279 Å². The third-order valence-corrected chi connectivity index (χ3v) is 9.02. The van der Waals surface area contributed by atoms with Crippen molar-refractivity contribution in [2.75, 3.05) is 0 Å². The smallest absolute Gasteiger partial charge is 0.136 e. The minimum absolute atomic E-state index is 0.310. The van der Waals surface area contributed by atoms with Crippen molar-refractivity contribution >= 4 is 34.5 Å². The van der Waals surface area contributed by atoms with E-state index in [9.17, 15) is 0 Å². The first-order valence-electron chi connectivity index (χ1n) is 14.9. The number of aryl methyl sites for hydroxylation is 2. The van der Waals surface area contributed by atoms with Crippen molar-refractivity contribution in [2.45, 2.75) is 13.8 Å². The molecule has 0 saturated carbocycles. The highest BCUT2D eigenvalue weighted by Gasteiger charge is 2.20. The van der Waals surface area contributed by atoms with Gasteiger partial charge in [0.2, 0.25) is 0 Å². The number of benzene rings is 2. The van der Waals surface area contributed by atoms with E-state index in [0.717, 1.165) is 55.9 Å². The van der Waals surface area contributed by atoms with Gasteiger partial charge in [-0.15, -0.1) is 0 Å². The summed E-state index contributed by atoms with van der Waals surface area (Å²) in [6.45, 7) is 4.05. The molecule has 0 saturated heterocycles. The molecule has 0 aliphatic carbocycles. The second-order valence-electron chi connectivity index (χ2n) is 11.5. The Kier molecular flexibility index (Phi) is 7.08. The molecule has 0 aliphatic rings. The lowest BCUT2D eigenvalue weighted by molar-refractivity contribution is 0.631. The van der Waals surface area contributed by atoms with E-state index >= 15 is 4.39 Å². The molecule has 0 radical (unpaired) electrons. The second kappa shape index (κ2) is 11.5. The van der Waals surface area contributed by atoms with Crippen LogP contribution in [0.3, 0.4) is 0 Å². The van der Waals surface area contributed by atoms with Crippen molar-refractivity contribution in [1.82, 2.24) is 28.7 Å². The first-order valence-corrected chi connectivity index (χ1v) is 15.7. The standard InChI is InChI=1S/C38H25Cl2FN6/c1-22-13-35-42-9-11-46(35)20-31(22)27-7-4-8-44-38(27)30-17-33(40)28(18-34(30)41)25-16-29(32-21-47-12-10-43-36(47)14-23(32)2)37(45-19-25)24-5-3-6-26(39)15-24/h3-21H,1-2H3. The van der Waals surface area contributed by atoms with Gasteiger partial charge in [-0.1, -0.05) is 41.4 Å². The molecule has 2 aromatic carbocycles. The maximum Gasteiger partial charge on any atom is 0.136 e. The number of halogens is 3. The number of fused-ring (bicyclic) bond motifs is 2. The molecule has 8 aromatic rings. The number of aromatic nitrogens is 6. The van der Waals surface area contributed by atoms with Gasteiger partial charge in [0.1, 0.15) is 17.1 Å². The van der Waals surface area contributed by atoms with Gasteiger partial charge in [-0.3, -0.25) is 9.97 Å². The maximum atomic E-state index is 16.3. The van der Waals surface area contributed by atoms with E-state index in [-0.39, 0.29) is 0 Å². The number of pyridine rings is 4.